The van der Waals surface area contributed by atoms with Gasteiger partial charge in [0.25, 0.3) is 0 Å². The van der Waals surface area contributed by atoms with E-state index in [4.69, 9.17) is 5.26 Å². The molecule has 1 aromatic heterocycles. The molecule has 0 bridgehead atoms. The molecule has 1 saturated heterocycles. The molecule has 22 heavy (non-hydrogen) atoms. The van der Waals surface area contributed by atoms with Crippen LogP contribution in [0.5, 0.6) is 0 Å². The Morgan fingerprint density at radius 3 is 2.64 bits per heavy atom. The third kappa shape index (κ3) is 2.55. The maximum absolute atomic E-state index is 10.9. The highest BCUT2D eigenvalue weighted by atomic mass is 16.3. The first-order valence-corrected chi connectivity index (χ1v) is 7.42. The highest BCUT2D eigenvalue weighted by molar-refractivity contribution is 5.51. The fourth-order valence-corrected chi connectivity index (χ4v) is 2.71. The van der Waals surface area contributed by atoms with Crippen molar-refractivity contribution in [1.29, 1.82) is 5.26 Å². The summed E-state index contributed by atoms with van der Waals surface area (Å²) in [6.45, 7) is 5.28. The van der Waals surface area contributed by atoms with Gasteiger partial charge in [-0.2, -0.15) is 5.26 Å². The van der Waals surface area contributed by atoms with Crippen LogP contribution >= 0.6 is 0 Å². The average molecular weight is 297 g/mol. The highest BCUT2D eigenvalue weighted by Gasteiger charge is 2.40. The first kappa shape index (κ1) is 14.5. The lowest BCUT2D eigenvalue weighted by atomic mass is 10.00. The summed E-state index contributed by atoms with van der Waals surface area (Å²) in [6.07, 6.45) is 2.44. The van der Waals surface area contributed by atoms with E-state index in [2.05, 4.69) is 21.3 Å². The van der Waals surface area contributed by atoms with Gasteiger partial charge in [0.05, 0.1) is 24.4 Å². The van der Waals surface area contributed by atoms with Gasteiger partial charge >= 0.3 is 0 Å². The van der Waals surface area contributed by atoms with Crippen LogP contribution in [-0.4, -0.2) is 33.2 Å². The van der Waals surface area contributed by atoms with E-state index in [1.165, 1.54) is 0 Å². The van der Waals surface area contributed by atoms with Crippen molar-refractivity contribution in [3.8, 4) is 6.07 Å². The number of nitriles is 1. The number of rotatable bonds is 3. The summed E-state index contributed by atoms with van der Waals surface area (Å²) in [5.41, 5.74) is 1.29. The van der Waals surface area contributed by atoms with Gasteiger partial charge in [0.1, 0.15) is 11.3 Å². The summed E-state index contributed by atoms with van der Waals surface area (Å²) in [5.74, 6) is 0. The lowest BCUT2D eigenvalue weighted by Crippen LogP contribution is -2.31. The first-order chi connectivity index (χ1) is 10.5. The van der Waals surface area contributed by atoms with Gasteiger partial charge < -0.3 is 10.0 Å². The van der Waals surface area contributed by atoms with Crippen LogP contribution in [0.2, 0.25) is 0 Å². The SMILES string of the molecule is CC(C)n1cc([C@]2(O)CCN(c3ccc(C#N)cc3)C2)nn1. The van der Waals surface area contributed by atoms with Gasteiger partial charge in [-0.3, -0.25) is 0 Å². The van der Waals surface area contributed by atoms with E-state index in [-0.39, 0.29) is 6.04 Å². The van der Waals surface area contributed by atoms with Gasteiger partial charge in [-0.05, 0) is 38.1 Å². The molecule has 1 aliphatic rings. The quantitative estimate of drug-likeness (QED) is 0.935. The topological polar surface area (TPSA) is 78.0 Å². The largest absolute Gasteiger partial charge is 0.381 e. The molecule has 114 valence electrons. The molecule has 6 heteroatoms. The zero-order valence-electron chi connectivity index (χ0n) is 12.8. The molecule has 1 aromatic carbocycles. The van der Waals surface area contributed by atoms with E-state index in [1.807, 2.05) is 32.2 Å². The lowest BCUT2D eigenvalue weighted by molar-refractivity contribution is 0.0559. The summed E-state index contributed by atoms with van der Waals surface area (Å²) in [4.78, 5) is 2.11. The van der Waals surface area contributed by atoms with E-state index >= 15 is 0 Å². The van der Waals surface area contributed by atoms with Crippen LogP contribution in [-0.2, 0) is 5.60 Å². The second kappa shape index (κ2) is 5.43. The number of benzene rings is 1. The van der Waals surface area contributed by atoms with Crippen LogP contribution in [0, 0.1) is 11.3 Å². The van der Waals surface area contributed by atoms with Crippen LogP contribution in [0.25, 0.3) is 0 Å². The fraction of sp³-hybridized carbons (Fsp3) is 0.438. The number of anilines is 1. The minimum atomic E-state index is -0.971. The fourth-order valence-electron chi connectivity index (χ4n) is 2.71. The molecule has 2 aromatic rings. The van der Waals surface area contributed by atoms with Crippen molar-refractivity contribution in [2.24, 2.45) is 0 Å². The highest BCUT2D eigenvalue weighted by Crippen LogP contribution is 2.33. The number of aromatic nitrogens is 3. The van der Waals surface area contributed by atoms with Gasteiger partial charge in [0, 0.05) is 24.7 Å². The molecule has 0 saturated carbocycles. The van der Waals surface area contributed by atoms with Crippen molar-refractivity contribution in [3.05, 3.63) is 41.7 Å². The molecule has 0 radical (unpaired) electrons. The molecule has 1 atom stereocenters. The van der Waals surface area contributed by atoms with E-state index in [0.717, 1.165) is 12.2 Å². The van der Waals surface area contributed by atoms with Gasteiger partial charge in [-0.15, -0.1) is 5.10 Å². The van der Waals surface area contributed by atoms with Gasteiger partial charge in [-0.25, -0.2) is 4.68 Å². The maximum Gasteiger partial charge on any atom is 0.129 e. The van der Waals surface area contributed by atoms with Crippen LogP contribution in [0.3, 0.4) is 0 Å². The normalized spacial score (nSPS) is 21.3. The average Bonchev–Trinajstić information content (AvgIpc) is 3.15. The van der Waals surface area contributed by atoms with E-state index < -0.39 is 5.60 Å². The van der Waals surface area contributed by atoms with Gasteiger partial charge in [-0.1, -0.05) is 5.21 Å². The molecule has 6 nitrogen and oxygen atoms in total. The summed E-state index contributed by atoms with van der Waals surface area (Å²) < 4.78 is 1.76. The number of nitrogens with zero attached hydrogens (tertiary/aromatic N) is 5. The Kier molecular flexibility index (Phi) is 3.59. The molecule has 0 amide bonds. The van der Waals surface area contributed by atoms with Crippen LogP contribution in [0.15, 0.2) is 30.5 Å². The molecule has 1 fully saturated rings. The summed E-state index contributed by atoms with van der Waals surface area (Å²) in [6, 6.07) is 9.75. The molecule has 0 unspecified atom stereocenters. The Hall–Kier alpha value is -2.39. The van der Waals surface area contributed by atoms with Gasteiger partial charge in [0.2, 0.25) is 0 Å². The molecule has 0 aliphatic carbocycles. The molecular weight excluding hydrogens is 278 g/mol. The Bertz CT molecular complexity index is 700. The minimum Gasteiger partial charge on any atom is -0.381 e. The second-order valence-electron chi connectivity index (χ2n) is 6.04. The van der Waals surface area contributed by atoms with Crippen molar-refractivity contribution in [1.82, 2.24) is 15.0 Å². The summed E-state index contributed by atoms with van der Waals surface area (Å²) in [5, 5.41) is 27.9. The first-order valence-electron chi connectivity index (χ1n) is 7.42. The molecular formula is C16H19N5O. The van der Waals surface area contributed by atoms with Crippen molar-refractivity contribution in [3.63, 3.8) is 0 Å². The molecule has 1 N–H and O–H groups in total. The predicted molar refractivity (Wildman–Crippen MR) is 82.3 cm³/mol. The lowest BCUT2D eigenvalue weighted by Gasteiger charge is -2.22. The number of hydrogen-bond donors (Lipinski definition) is 1. The Balaban J connectivity index is 1.78. The third-order valence-corrected chi connectivity index (χ3v) is 4.13. The molecule has 3 rings (SSSR count). The monoisotopic (exact) mass is 297 g/mol. The summed E-state index contributed by atoms with van der Waals surface area (Å²) in [7, 11) is 0. The van der Waals surface area contributed by atoms with Crippen molar-refractivity contribution >= 4 is 5.69 Å². The Labute approximate surface area is 129 Å². The number of hydrogen-bond acceptors (Lipinski definition) is 5. The second-order valence-corrected chi connectivity index (χ2v) is 6.04. The number of aliphatic hydroxyl groups is 1. The zero-order valence-corrected chi connectivity index (χ0v) is 12.8. The zero-order chi connectivity index (χ0) is 15.7. The van der Waals surface area contributed by atoms with Crippen molar-refractivity contribution < 1.29 is 5.11 Å². The third-order valence-electron chi connectivity index (χ3n) is 4.13. The Morgan fingerprint density at radius 2 is 2.05 bits per heavy atom. The van der Waals surface area contributed by atoms with Crippen LogP contribution in [0.1, 0.15) is 37.6 Å². The Morgan fingerprint density at radius 1 is 1.32 bits per heavy atom. The molecule has 1 aliphatic heterocycles. The standard InChI is InChI=1S/C16H19N5O/c1-12(2)21-10-15(18-19-21)16(22)7-8-20(11-16)14-5-3-13(9-17)4-6-14/h3-6,10,12,22H,7-8,11H2,1-2H3/t16-/m0/s1. The predicted octanol–water partition coefficient (Wildman–Crippen LogP) is 1.83. The molecule has 0 spiro atoms. The van der Waals surface area contributed by atoms with Crippen LogP contribution in [0.4, 0.5) is 5.69 Å². The van der Waals surface area contributed by atoms with E-state index in [0.29, 0.717) is 24.2 Å². The maximum atomic E-state index is 10.9. The summed E-state index contributed by atoms with van der Waals surface area (Å²) >= 11 is 0. The van der Waals surface area contributed by atoms with Crippen LogP contribution < -0.4 is 4.90 Å². The van der Waals surface area contributed by atoms with E-state index in [1.54, 1.807) is 16.8 Å². The van der Waals surface area contributed by atoms with Gasteiger partial charge in [0.15, 0.2) is 0 Å². The minimum absolute atomic E-state index is 0.223. The van der Waals surface area contributed by atoms with Crippen molar-refractivity contribution in [2.45, 2.75) is 31.9 Å². The molecule has 2 heterocycles. The number of β-amino-alcohol motifs (C(OH)–C–C–N with tert-alkyl or cyclic N) is 1. The van der Waals surface area contributed by atoms with Crippen molar-refractivity contribution in [2.75, 3.05) is 18.0 Å². The van der Waals surface area contributed by atoms with E-state index in [9.17, 15) is 5.11 Å². The smallest absolute Gasteiger partial charge is 0.129 e.